The van der Waals surface area contributed by atoms with Gasteiger partial charge in [0.05, 0.1) is 29.0 Å². The standard InChI is InChI=1S/C21H20ClFN8O/c1-25-15-4-10(23)3-12-16-18(28-17(12)15)29-21(32-11-5-26-20(22)27-6-11)30-19(16)31-7-9-2-14(24)13(9)8-31/h3-6,9,13-14,25H,2,7-8,24H2,1H3,(H,28,29,30). The second-order valence-electron chi connectivity index (χ2n) is 8.32. The number of nitrogens with two attached hydrogens (primary N) is 1. The molecule has 0 bridgehead atoms. The van der Waals surface area contributed by atoms with Crippen LogP contribution < -0.4 is 20.7 Å². The van der Waals surface area contributed by atoms with Gasteiger partial charge in [0.1, 0.15) is 17.3 Å². The lowest BCUT2D eigenvalue weighted by molar-refractivity contribution is 0.194. The first-order valence-electron chi connectivity index (χ1n) is 10.4. The smallest absolute Gasteiger partial charge is 0.326 e. The van der Waals surface area contributed by atoms with E-state index < -0.39 is 0 Å². The summed E-state index contributed by atoms with van der Waals surface area (Å²) in [4.78, 5) is 22.7. The molecule has 3 aromatic heterocycles. The van der Waals surface area contributed by atoms with E-state index in [0.29, 0.717) is 40.1 Å². The summed E-state index contributed by atoms with van der Waals surface area (Å²) in [6.07, 6.45) is 3.92. The van der Waals surface area contributed by atoms with Crippen LogP contribution in [0, 0.1) is 17.7 Å². The van der Waals surface area contributed by atoms with Gasteiger partial charge in [-0.05, 0) is 42.0 Å². The van der Waals surface area contributed by atoms with Gasteiger partial charge >= 0.3 is 6.01 Å². The van der Waals surface area contributed by atoms with Gasteiger partial charge in [-0.25, -0.2) is 14.4 Å². The first-order chi connectivity index (χ1) is 15.5. The van der Waals surface area contributed by atoms with Crippen molar-refractivity contribution in [1.82, 2.24) is 24.9 Å². The van der Waals surface area contributed by atoms with Gasteiger partial charge in [0, 0.05) is 31.6 Å². The summed E-state index contributed by atoms with van der Waals surface area (Å²) in [6, 6.07) is 3.30. The Balaban J connectivity index is 1.53. The predicted molar refractivity (Wildman–Crippen MR) is 120 cm³/mol. The Morgan fingerprint density at radius 3 is 2.78 bits per heavy atom. The van der Waals surface area contributed by atoms with Crippen molar-refractivity contribution in [2.45, 2.75) is 12.5 Å². The van der Waals surface area contributed by atoms with Gasteiger partial charge < -0.3 is 25.7 Å². The van der Waals surface area contributed by atoms with E-state index in [-0.39, 0.29) is 23.2 Å². The predicted octanol–water partition coefficient (Wildman–Crippen LogP) is 3.31. The molecule has 3 atom stereocenters. The van der Waals surface area contributed by atoms with Crippen molar-refractivity contribution in [3.63, 3.8) is 0 Å². The number of aromatic nitrogens is 5. The SMILES string of the molecule is CNc1cc(F)cc2c1[nH]c1nc(Oc3cnc(Cl)nc3)nc(N3CC4CC(N)C4C3)c12. The van der Waals surface area contributed by atoms with Crippen LogP contribution in [0.4, 0.5) is 15.9 Å². The molecule has 0 spiro atoms. The molecule has 1 aromatic carbocycles. The van der Waals surface area contributed by atoms with Crippen LogP contribution in [0.15, 0.2) is 24.5 Å². The fourth-order valence-corrected chi connectivity index (χ4v) is 4.98. The largest absolute Gasteiger partial charge is 0.421 e. The van der Waals surface area contributed by atoms with Crippen LogP contribution in [-0.4, -0.2) is 51.1 Å². The van der Waals surface area contributed by atoms with E-state index in [0.717, 1.165) is 30.4 Å². The number of H-pyrrole nitrogens is 1. The first kappa shape index (κ1) is 19.4. The Labute approximate surface area is 187 Å². The van der Waals surface area contributed by atoms with Crippen LogP contribution in [0.3, 0.4) is 0 Å². The molecular weight excluding hydrogens is 435 g/mol. The van der Waals surface area contributed by atoms with E-state index in [2.05, 4.69) is 30.2 Å². The quantitative estimate of drug-likeness (QED) is 0.402. The number of nitrogens with one attached hydrogen (secondary N) is 2. The molecule has 32 heavy (non-hydrogen) atoms. The molecule has 164 valence electrons. The molecule has 11 heteroatoms. The molecule has 0 amide bonds. The van der Waals surface area contributed by atoms with Crippen LogP contribution in [0.2, 0.25) is 5.28 Å². The summed E-state index contributed by atoms with van der Waals surface area (Å²) >= 11 is 5.77. The molecule has 2 fully saturated rings. The van der Waals surface area contributed by atoms with Crippen LogP contribution in [0.5, 0.6) is 11.8 Å². The lowest BCUT2D eigenvalue weighted by atomic mass is 9.72. The number of rotatable bonds is 4. The van der Waals surface area contributed by atoms with E-state index >= 15 is 0 Å². The fraction of sp³-hybridized carbons (Fsp3) is 0.333. The monoisotopic (exact) mass is 454 g/mol. The molecule has 4 heterocycles. The summed E-state index contributed by atoms with van der Waals surface area (Å²) in [6.45, 7) is 1.64. The Bertz CT molecular complexity index is 1340. The van der Waals surface area contributed by atoms with Crippen molar-refractivity contribution in [3.8, 4) is 11.8 Å². The highest BCUT2D eigenvalue weighted by molar-refractivity contribution is 6.28. The summed E-state index contributed by atoms with van der Waals surface area (Å²) < 4.78 is 20.3. The second kappa shape index (κ2) is 7.14. The van der Waals surface area contributed by atoms with E-state index in [4.69, 9.17) is 27.1 Å². The number of halogens is 2. The van der Waals surface area contributed by atoms with Crippen molar-refractivity contribution in [2.75, 3.05) is 30.4 Å². The third-order valence-corrected chi connectivity index (χ3v) is 6.67. The van der Waals surface area contributed by atoms with E-state index in [1.165, 1.54) is 24.5 Å². The number of aromatic amines is 1. The van der Waals surface area contributed by atoms with E-state index in [1.54, 1.807) is 7.05 Å². The van der Waals surface area contributed by atoms with Crippen molar-refractivity contribution in [2.24, 2.45) is 17.6 Å². The van der Waals surface area contributed by atoms with Crippen molar-refractivity contribution in [1.29, 1.82) is 0 Å². The molecule has 3 unspecified atom stereocenters. The van der Waals surface area contributed by atoms with Gasteiger partial charge in [-0.1, -0.05) is 0 Å². The summed E-state index contributed by atoms with van der Waals surface area (Å²) in [7, 11) is 1.75. The molecule has 1 saturated heterocycles. The molecule has 9 nitrogen and oxygen atoms in total. The third kappa shape index (κ3) is 3.01. The van der Waals surface area contributed by atoms with Crippen LogP contribution in [0.1, 0.15) is 6.42 Å². The maximum atomic E-state index is 14.4. The van der Waals surface area contributed by atoms with Crippen LogP contribution >= 0.6 is 11.6 Å². The fourth-order valence-electron chi connectivity index (χ4n) is 4.89. The van der Waals surface area contributed by atoms with Crippen LogP contribution in [0.25, 0.3) is 21.9 Å². The summed E-state index contributed by atoms with van der Waals surface area (Å²) in [5.74, 6) is 1.69. The van der Waals surface area contributed by atoms with Gasteiger partial charge in [-0.2, -0.15) is 9.97 Å². The Hall–Kier alpha value is -3.24. The molecule has 2 aliphatic rings. The van der Waals surface area contributed by atoms with Crippen molar-refractivity contribution < 1.29 is 9.13 Å². The average molecular weight is 455 g/mol. The molecule has 0 radical (unpaired) electrons. The maximum absolute atomic E-state index is 14.4. The average Bonchev–Trinajstić information content (AvgIpc) is 3.31. The number of hydrogen-bond acceptors (Lipinski definition) is 8. The zero-order valence-corrected chi connectivity index (χ0v) is 17.9. The van der Waals surface area contributed by atoms with Gasteiger partial charge in [-0.3, -0.25) is 0 Å². The number of hydrogen-bond donors (Lipinski definition) is 3. The molecule has 4 N–H and O–H groups in total. The highest BCUT2D eigenvalue weighted by Crippen LogP contribution is 2.44. The van der Waals surface area contributed by atoms with Crippen molar-refractivity contribution in [3.05, 3.63) is 35.6 Å². The Morgan fingerprint density at radius 2 is 2.06 bits per heavy atom. The lowest BCUT2D eigenvalue weighted by Crippen LogP contribution is -2.46. The normalized spacial score (nSPS) is 22.2. The highest BCUT2D eigenvalue weighted by Gasteiger charge is 2.46. The number of anilines is 2. The molecule has 1 aliphatic heterocycles. The van der Waals surface area contributed by atoms with Gasteiger partial charge in [0.25, 0.3) is 0 Å². The van der Waals surface area contributed by atoms with Gasteiger partial charge in [-0.15, -0.1) is 0 Å². The Morgan fingerprint density at radius 1 is 1.25 bits per heavy atom. The summed E-state index contributed by atoms with van der Waals surface area (Å²) in [5.41, 5.74) is 8.17. The molecule has 6 rings (SSSR count). The number of ether oxygens (including phenoxy) is 1. The minimum absolute atomic E-state index is 0.121. The number of benzene rings is 1. The first-order valence-corrected chi connectivity index (χ1v) is 10.7. The van der Waals surface area contributed by atoms with Crippen molar-refractivity contribution >= 4 is 45.0 Å². The zero-order valence-electron chi connectivity index (χ0n) is 17.1. The van der Waals surface area contributed by atoms with E-state index in [1.807, 2.05) is 0 Å². The molecule has 4 aromatic rings. The van der Waals surface area contributed by atoms with Gasteiger partial charge in [0.2, 0.25) is 5.28 Å². The minimum Gasteiger partial charge on any atom is -0.421 e. The molecule has 1 saturated carbocycles. The zero-order chi connectivity index (χ0) is 22.0. The van der Waals surface area contributed by atoms with Crippen LogP contribution in [-0.2, 0) is 0 Å². The maximum Gasteiger partial charge on any atom is 0.326 e. The summed E-state index contributed by atoms with van der Waals surface area (Å²) in [5, 5.41) is 4.63. The second-order valence-corrected chi connectivity index (χ2v) is 8.66. The highest BCUT2D eigenvalue weighted by atomic mass is 35.5. The number of fused-ring (bicyclic) bond motifs is 4. The minimum atomic E-state index is -0.337. The Kier molecular flexibility index (Phi) is 4.34. The third-order valence-electron chi connectivity index (χ3n) is 6.48. The topological polar surface area (TPSA) is 118 Å². The molecule has 1 aliphatic carbocycles. The lowest BCUT2D eigenvalue weighted by Gasteiger charge is -2.36. The van der Waals surface area contributed by atoms with Gasteiger partial charge in [0.15, 0.2) is 5.75 Å². The van der Waals surface area contributed by atoms with E-state index in [9.17, 15) is 4.39 Å². The molecular formula is C21H20ClFN8O. The number of nitrogens with zero attached hydrogens (tertiary/aromatic N) is 5.